The number of nitrogens with zero attached hydrogens (tertiary/aromatic N) is 2. The molecule has 1 amide bonds. The van der Waals surface area contributed by atoms with Crippen LogP contribution in [0.25, 0.3) is 6.08 Å². The second kappa shape index (κ2) is 10.6. The number of carbonyl (C=O) groups is 1. The molecule has 12 heteroatoms. The van der Waals surface area contributed by atoms with Crippen molar-refractivity contribution in [2.45, 2.75) is 33.0 Å². The van der Waals surface area contributed by atoms with Gasteiger partial charge in [-0.3, -0.25) is 9.52 Å². The average molecular weight is 499 g/mol. The van der Waals surface area contributed by atoms with Crippen molar-refractivity contribution in [2.24, 2.45) is 5.92 Å². The molecule has 0 spiro atoms. The number of aromatic nitrogens is 1. The van der Waals surface area contributed by atoms with E-state index in [2.05, 4.69) is 10.3 Å². The number of hydrogen-bond acceptors (Lipinski definition) is 5. The Labute approximate surface area is 194 Å². The molecule has 0 bridgehead atoms. The van der Waals surface area contributed by atoms with E-state index in [1.807, 2.05) is 18.6 Å². The number of benzene rings is 1. The normalized spacial score (nSPS) is 12.1. The van der Waals surface area contributed by atoms with Crippen LogP contribution in [0, 0.1) is 23.1 Å². The number of nitriles is 1. The fourth-order valence-electron chi connectivity index (χ4n) is 2.93. The molecule has 182 valence electrons. The van der Waals surface area contributed by atoms with Crippen LogP contribution in [0.1, 0.15) is 41.9 Å². The van der Waals surface area contributed by atoms with Gasteiger partial charge in [-0.1, -0.05) is 19.9 Å². The van der Waals surface area contributed by atoms with Gasteiger partial charge < -0.3 is 5.32 Å². The molecule has 0 radical (unpaired) electrons. The van der Waals surface area contributed by atoms with Gasteiger partial charge in [0.25, 0.3) is 0 Å². The summed E-state index contributed by atoms with van der Waals surface area (Å²) in [7, 11) is -3.81. The minimum atomic E-state index is -4.59. The van der Waals surface area contributed by atoms with Crippen molar-refractivity contribution in [1.29, 1.82) is 5.26 Å². The van der Waals surface area contributed by atoms with Gasteiger partial charge in [-0.25, -0.2) is 17.8 Å². The third kappa shape index (κ3) is 7.84. The Morgan fingerprint density at radius 1 is 1.26 bits per heavy atom. The second-order valence-electron chi connectivity index (χ2n) is 7.87. The van der Waals surface area contributed by atoms with Crippen LogP contribution >= 0.6 is 0 Å². The van der Waals surface area contributed by atoms with Crippen molar-refractivity contribution >= 4 is 27.7 Å². The van der Waals surface area contributed by atoms with Gasteiger partial charge in [-0.05, 0) is 47.7 Å². The molecule has 7 nitrogen and oxygen atoms in total. The molecule has 0 saturated carbocycles. The molecule has 2 aromatic rings. The third-order valence-corrected chi connectivity index (χ3v) is 4.92. The smallest absolute Gasteiger partial charge is 0.348 e. The monoisotopic (exact) mass is 498 g/mol. The van der Waals surface area contributed by atoms with Crippen LogP contribution < -0.4 is 10.0 Å². The number of rotatable bonds is 8. The van der Waals surface area contributed by atoms with Crippen molar-refractivity contribution in [3.8, 4) is 6.07 Å². The van der Waals surface area contributed by atoms with Crippen LogP contribution in [-0.4, -0.2) is 25.6 Å². The lowest BCUT2D eigenvalue weighted by Gasteiger charge is -2.12. The first-order chi connectivity index (χ1) is 15.7. The zero-order valence-electron chi connectivity index (χ0n) is 18.5. The molecule has 0 saturated heterocycles. The Hall–Kier alpha value is -3.46. The van der Waals surface area contributed by atoms with Gasteiger partial charge in [-0.15, -0.1) is 0 Å². The number of amides is 1. The van der Waals surface area contributed by atoms with Crippen LogP contribution in [0.3, 0.4) is 0 Å². The van der Waals surface area contributed by atoms with E-state index in [-0.39, 0.29) is 35.7 Å². The first-order valence-electron chi connectivity index (χ1n) is 9.93. The average Bonchev–Trinajstić information content (AvgIpc) is 2.70. The molecule has 0 aliphatic carbocycles. The highest BCUT2D eigenvalue weighted by Crippen LogP contribution is 2.29. The molecular formula is C22H22F4N4O3S. The van der Waals surface area contributed by atoms with Gasteiger partial charge in [0.15, 0.2) is 0 Å². The van der Waals surface area contributed by atoms with Crippen LogP contribution in [0.5, 0.6) is 0 Å². The van der Waals surface area contributed by atoms with Crippen LogP contribution in [0.15, 0.2) is 30.3 Å². The molecule has 0 unspecified atom stereocenters. The van der Waals surface area contributed by atoms with Gasteiger partial charge >= 0.3 is 6.18 Å². The number of carbonyl (C=O) groups excluding carboxylic acids is 1. The first-order valence-corrected chi connectivity index (χ1v) is 11.8. The molecule has 2 N–H and O–H groups in total. The summed E-state index contributed by atoms with van der Waals surface area (Å²) >= 11 is 0. The molecule has 1 aromatic carbocycles. The van der Waals surface area contributed by atoms with E-state index in [0.29, 0.717) is 5.56 Å². The number of alkyl halides is 3. The maximum Gasteiger partial charge on any atom is 0.433 e. The quantitative estimate of drug-likeness (QED) is 0.422. The van der Waals surface area contributed by atoms with E-state index in [1.54, 1.807) is 6.07 Å². The first kappa shape index (κ1) is 26.8. The molecule has 1 heterocycles. The fourth-order valence-corrected chi connectivity index (χ4v) is 3.51. The Kier molecular flexibility index (Phi) is 8.39. The maximum absolute atomic E-state index is 14.3. The maximum atomic E-state index is 14.3. The zero-order valence-corrected chi connectivity index (χ0v) is 19.3. The molecule has 0 aliphatic heterocycles. The van der Waals surface area contributed by atoms with Crippen molar-refractivity contribution in [3.05, 3.63) is 64.2 Å². The zero-order chi connectivity index (χ0) is 25.7. The summed E-state index contributed by atoms with van der Waals surface area (Å²) in [6, 6.07) is 5.95. The summed E-state index contributed by atoms with van der Waals surface area (Å²) in [4.78, 5) is 15.9. The lowest BCUT2D eigenvalue weighted by atomic mass is 10.0. The highest BCUT2D eigenvalue weighted by Gasteiger charge is 2.32. The summed E-state index contributed by atoms with van der Waals surface area (Å²) < 4.78 is 77.9. The Balaban J connectivity index is 2.17. The van der Waals surface area contributed by atoms with E-state index < -0.39 is 39.3 Å². The summed E-state index contributed by atoms with van der Waals surface area (Å²) in [6.07, 6.45) is -1.06. The number of sulfonamides is 1. The minimum Gasteiger partial charge on any atom is -0.348 e. The standard InChI is InChI=1S/C22H22F4N4O3S/c1-13(2)8-18-15(4-6-19(29-18)22(24,25)26)5-7-20(31)28-12-14-9-16(11-27)21(17(23)10-14)30-34(3,32)33/h4-7,9-10,13,30H,8,12H2,1-3H3,(H,28,31). The van der Waals surface area contributed by atoms with Gasteiger partial charge in [0.05, 0.1) is 11.8 Å². The SMILES string of the molecule is CC(C)Cc1nc(C(F)(F)F)ccc1C=CC(=O)NCc1cc(F)c(NS(C)(=O)=O)c(C#N)c1. The van der Waals surface area contributed by atoms with E-state index >= 15 is 0 Å². The van der Waals surface area contributed by atoms with Gasteiger partial charge in [0.1, 0.15) is 23.3 Å². The van der Waals surface area contributed by atoms with Gasteiger partial charge in [0, 0.05) is 18.3 Å². The van der Waals surface area contributed by atoms with E-state index in [1.165, 1.54) is 18.2 Å². The molecule has 0 fully saturated rings. The predicted molar refractivity (Wildman–Crippen MR) is 118 cm³/mol. The van der Waals surface area contributed by atoms with Crippen molar-refractivity contribution in [3.63, 3.8) is 0 Å². The Morgan fingerprint density at radius 2 is 1.94 bits per heavy atom. The molecular weight excluding hydrogens is 476 g/mol. The molecule has 1 aromatic heterocycles. The number of halogens is 4. The summed E-state index contributed by atoms with van der Waals surface area (Å²) in [6.45, 7) is 3.47. The topological polar surface area (TPSA) is 112 Å². The van der Waals surface area contributed by atoms with Crippen LogP contribution in [0.2, 0.25) is 0 Å². The second-order valence-corrected chi connectivity index (χ2v) is 9.61. The third-order valence-electron chi connectivity index (χ3n) is 4.34. The number of hydrogen-bond donors (Lipinski definition) is 2. The summed E-state index contributed by atoms with van der Waals surface area (Å²) in [5.41, 5.74) is -1.03. The molecule has 34 heavy (non-hydrogen) atoms. The van der Waals surface area contributed by atoms with Crippen molar-refractivity contribution in [1.82, 2.24) is 10.3 Å². The number of anilines is 1. The molecule has 2 rings (SSSR count). The van der Waals surface area contributed by atoms with E-state index in [4.69, 9.17) is 0 Å². The highest BCUT2D eigenvalue weighted by atomic mass is 32.2. The van der Waals surface area contributed by atoms with E-state index in [0.717, 1.165) is 24.5 Å². The molecule has 0 aliphatic rings. The number of pyridine rings is 1. The fraction of sp³-hybridized carbons (Fsp3) is 0.318. The minimum absolute atomic E-state index is 0.0290. The Morgan fingerprint density at radius 3 is 2.50 bits per heavy atom. The summed E-state index contributed by atoms with van der Waals surface area (Å²) in [5, 5.41) is 11.7. The van der Waals surface area contributed by atoms with Crippen LogP contribution in [0.4, 0.5) is 23.2 Å². The van der Waals surface area contributed by atoms with Crippen LogP contribution in [-0.2, 0) is 34.0 Å². The molecule has 0 atom stereocenters. The van der Waals surface area contributed by atoms with Crippen molar-refractivity contribution < 1.29 is 30.8 Å². The van der Waals surface area contributed by atoms with Crippen molar-refractivity contribution in [2.75, 3.05) is 11.0 Å². The predicted octanol–water partition coefficient (Wildman–Crippen LogP) is 4.01. The van der Waals surface area contributed by atoms with Gasteiger partial charge in [-0.2, -0.15) is 18.4 Å². The highest BCUT2D eigenvalue weighted by molar-refractivity contribution is 7.92. The number of nitrogens with one attached hydrogen (secondary N) is 2. The summed E-state index contributed by atoms with van der Waals surface area (Å²) in [5.74, 6) is -1.58. The lowest BCUT2D eigenvalue weighted by molar-refractivity contribution is -0.141. The Bertz CT molecular complexity index is 1250. The van der Waals surface area contributed by atoms with Gasteiger partial charge in [0.2, 0.25) is 15.9 Å². The largest absolute Gasteiger partial charge is 0.433 e. The lowest BCUT2D eigenvalue weighted by Crippen LogP contribution is -2.21. The van der Waals surface area contributed by atoms with E-state index in [9.17, 15) is 36.0 Å².